The molecule has 0 aliphatic carbocycles. The van der Waals surface area contributed by atoms with Crippen LogP contribution in [0.5, 0.6) is 0 Å². The molecule has 1 N–H and O–H groups in total. The van der Waals surface area contributed by atoms with Crippen LogP contribution in [-0.4, -0.2) is 0 Å². The summed E-state index contributed by atoms with van der Waals surface area (Å²) in [5.74, 6) is 0. The van der Waals surface area contributed by atoms with Gasteiger partial charge in [0, 0.05) is 16.7 Å². The van der Waals surface area contributed by atoms with E-state index in [2.05, 4.69) is 21.2 Å². The van der Waals surface area contributed by atoms with Gasteiger partial charge in [-0.05, 0) is 40.6 Å². The second-order valence-corrected chi connectivity index (χ2v) is 5.37. The maximum Gasteiger partial charge on any atom is 0.418 e. The van der Waals surface area contributed by atoms with Crippen LogP contribution in [0.1, 0.15) is 11.1 Å². The third-order valence-corrected chi connectivity index (χ3v) is 3.58. The fraction of sp³-hybridized carbons (Fsp3) is 0.167. The highest BCUT2D eigenvalue weighted by atomic mass is 79.9. The average Bonchev–Trinajstić information content (AvgIpc) is 2.79. The molecule has 0 aliphatic heterocycles. The van der Waals surface area contributed by atoms with Crippen molar-refractivity contribution in [2.45, 2.75) is 12.7 Å². The third kappa shape index (κ3) is 3.26. The molecule has 96 valence electrons. The first-order valence-electron chi connectivity index (χ1n) is 5.08. The molecular formula is C12H9BrF3NS. The van der Waals surface area contributed by atoms with Gasteiger partial charge in [-0.3, -0.25) is 0 Å². The van der Waals surface area contributed by atoms with Gasteiger partial charge in [-0.1, -0.05) is 15.9 Å². The van der Waals surface area contributed by atoms with Crippen LogP contribution < -0.4 is 5.32 Å². The van der Waals surface area contributed by atoms with Crippen molar-refractivity contribution >= 4 is 33.0 Å². The second kappa shape index (κ2) is 5.32. The summed E-state index contributed by atoms with van der Waals surface area (Å²) >= 11 is 4.57. The van der Waals surface area contributed by atoms with Gasteiger partial charge in [0.25, 0.3) is 0 Å². The number of alkyl halides is 3. The zero-order valence-electron chi connectivity index (χ0n) is 9.09. The molecule has 0 spiro atoms. The highest BCUT2D eigenvalue weighted by Crippen LogP contribution is 2.36. The maximum absolute atomic E-state index is 12.8. The van der Waals surface area contributed by atoms with Crippen LogP contribution in [0.2, 0.25) is 0 Å². The van der Waals surface area contributed by atoms with Gasteiger partial charge in [-0.25, -0.2) is 0 Å². The van der Waals surface area contributed by atoms with Crippen molar-refractivity contribution in [1.29, 1.82) is 0 Å². The molecule has 0 aliphatic rings. The molecule has 0 fully saturated rings. The molecule has 0 amide bonds. The molecular weight excluding hydrogens is 327 g/mol. The summed E-state index contributed by atoms with van der Waals surface area (Å²) in [7, 11) is 0. The first-order chi connectivity index (χ1) is 8.47. The van der Waals surface area contributed by atoms with Crippen molar-refractivity contribution in [2.75, 3.05) is 5.32 Å². The van der Waals surface area contributed by atoms with Crippen LogP contribution >= 0.6 is 27.3 Å². The molecule has 18 heavy (non-hydrogen) atoms. The number of halogens is 4. The van der Waals surface area contributed by atoms with Gasteiger partial charge in [0.2, 0.25) is 0 Å². The SMILES string of the molecule is FC(F)(F)c1cc(Br)ccc1NCc1ccsc1. The predicted octanol–water partition coefficient (Wildman–Crippen LogP) is 5.14. The van der Waals surface area contributed by atoms with Crippen molar-refractivity contribution in [3.8, 4) is 0 Å². The van der Waals surface area contributed by atoms with E-state index in [4.69, 9.17) is 0 Å². The van der Waals surface area contributed by atoms with E-state index in [-0.39, 0.29) is 5.69 Å². The van der Waals surface area contributed by atoms with Crippen LogP contribution in [0, 0.1) is 0 Å². The number of hydrogen-bond acceptors (Lipinski definition) is 2. The van der Waals surface area contributed by atoms with Crippen molar-refractivity contribution in [3.63, 3.8) is 0 Å². The molecule has 1 nitrogen and oxygen atoms in total. The minimum atomic E-state index is -4.36. The van der Waals surface area contributed by atoms with Crippen molar-refractivity contribution in [3.05, 3.63) is 50.6 Å². The summed E-state index contributed by atoms with van der Waals surface area (Å²) in [5, 5.41) is 6.61. The lowest BCUT2D eigenvalue weighted by atomic mass is 10.1. The van der Waals surface area contributed by atoms with E-state index in [0.717, 1.165) is 11.6 Å². The molecule has 0 saturated carbocycles. The minimum Gasteiger partial charge on any atom is -0.380 e. The molecule has 0 bridgehead atoms. The largest absolute Gasteiger partial charge is 0.418 e. The predicted molar refractivity (Wildman–Crippen MR) is 70.8 cm³/mol. The highest BCUT2D eigenvalue weighted by molar-refractivity contribution is 9.10. The van der Waals surface area contributed by atoms with Gasteiger partial charge < -0.3 is 5.32 Å². The van der Waals surface area contributed by atoms with Crippen LogP contribution in [0.3, 0.4) is 0 Å². The molecule has 0 unspecified atom stereocenters. The van der Waals surface area contributed by atoms with E-state index >= 15 is 0 Å². The number of thiophene rings is 1. The number of rotatable bonds is 3. The molecule has 2 aromatic rings. The fourth-order valence-corrected chi connectivity index (χ4v) is 2.53. The summed E-state index contributed by atoms with van der Waals surface area (Å²) in [4.78, 5) is 0. The zero-order chi connectivity index (χ0) is 13.2. The van der Waals surface area contributed by atoms with Gasteiger partial charge in [0.15, 0.2) is 0 Å². The topological polar surface area (TPSA) is 12.0 Å². The van der Waals surface area contributed by atoms with Crippen LogP contribution in [-0.2, 0) is 12.7 Å². The van der Waals surface area contributed by atoms with E-state index in [0.29, 0.717) is 11.0 Å². The van der Waals surface area contributed by atoms with Crippen LogP contribution in [0.25, 0.3) is 0 Å². The normalized spacial score (nSPS) is 11.6. The van der Waals surface area contributed by atoms with E-state index in [1.54, 1.807) is 6.07 Å². The summed E-state index contributed by atoms with van der Waals surface area (Å²) in [6, 6.07) is 5.98. The lowest BCUT2D eigenvalue weighted by Gasteiger charge is -2.14. The average molecular weight is 336 g/mol. The Kier molecular flexibility index (Phi) is 3.97. The Bertz CT molecular complexity index is 523. The summed E-state index contributed by atoms with van der Waals surface area (Å²) in [6.07, 6.45) is -4.36. The Labute approximate surface area is 115 Å². The van der Waals surface area contributed by atoms with Crippen LogP contribution in [0.4, 0.5) is 18.9 Å². The van der Waals surface area contributed by atoms with E-state index < -0.39 is 11.7 Å². The van der Waals surface area contributed by atoms with Crippen molar-refractivity contribution < 1.29 is 13.2 Å². The lowest BCUT2D eigenvalue weighted by Crippen LogP contribution is -2.10. The van der Waals surface area contributed by atoms with Crippen LogP contribution in [0.15, 0.2) is 39.5 Å². The van der Waals surface area contributed by atoms with Crippen molar-refractivity contribution in [2.24, 2.45) is 0 Å². The molecule has 1 heterocycles. The zero-order valence-corrected chi connectivity index (χ0v) is 11.5. The number of nitrogens with one attached hydrogen (secondary N) is 1. The Hall–Kier alpha value is -1.01. The first kappa shape index (κ1) is 13.4. The minimum absolute atomic E-state index is 0.0944. The fourth-order valence-electron chi connectivity index (χ4n) is 1.50. The monoisotopic (exact) mass is 335 g/mol. The quantitative estimate of drug-likeness (QED) is 0.818. The van der Waals surface area contributed by atoms with Crippen molar-refractivity contribution in [1.82, 2.24) is 0 Å². The van der Waals surface area contributed by atoms with E-state index in [1.165, 1.54) is 17.4 Å². The lowest BCUT2D eigenvalue weighted by molar-refractivity contribution is -0.137. The molecule has 0 saturated heterocycles. The first-order valence-corrected chi connectivity index (χ1v) is 6.82. The van der Waals surface area contributed by atoms with Gasteiger partial charge in [-0.15, -0.1) is 0 Å². The summed E-state index contributed by atoms with van der Waals surface area (Å²) in [6.45, 7) is 0.383. The summed E-state index contributed by atoms with van der Waals surface area (Å²) < 4.78 is 38.9. The van der Waals surface area contributed by atoms with Gasteiger partial charge >= 0.3 is 6.18 Å². The number of anilines is 1. The van der Waals surface area contributed by atoms with E-state index in [9.17, 15) is 13.2 Å². The number of hydrogen-bond donors (Lipinski definition) is 1. The maximum atomic E-state index is 12.8. The smallest absolute Gasteiger partial charge is 0.380 e. The van der Waals surface area contributed by atoms with Gasteiger partial charge in [0.05, 0.1) is 5.56 Å². The molecule has 6 heteroatoms. The van der Waals surface area contributed by atoms with Gasteiger partial charge in [-0.2, -0.15) is 24.5 Å². The highest BCUT2D eigenvalue weighted by Gasteiger charge is 2.33. The molecule has 0 radical (unpaired) electrons. The van der Waals surface area contributed by atoms with Gasteiger partial charge in [0.1, 0.15) is 0 Å². The molecule has 1 aromatic carbocycles. The molecule has 2 rings (SSSR count). The Morgan fingerprint density at radius 3 is 2.61 bits per heavy atom. The Balaban J connectivity index is 2.22. The van der Waals surface area contributed by atoms with E-state index in [1.807, 2.05) is 16.8 Å². The molecule has 0 atom stereocenters. The Morgan fingerprint density at radius 2 is 2.00 bits per heavy atom. The standard InChI is InChI=1S/C12H9BrF3NS/c13-9-1-2-11(10(5-9)12(14,15)16)17-6-8-3-4-18-7-8/h1-5,7,17H,6H2. The third-order valence-electron chi connectivity index (χ3n) is 2.35. The second-order valence-electron chi connectivity index (χ2n) is 3.67. The number of benzene rings is 1. The summed E-state index contributed by atoms with van der Waals surface area (Å²) in [5.41, 5.74) is 0.403. The molecule has 1 aromatic heterocycles. The Morgan fingerprint density at radius 1 is 1.22 bits per heavy atom.